The summed E-state index contributed by atoms with van der Waals surface area (Å²) in [5.41, 5.74) is 2.75. The average molecular weight is 371 g/mol. The maximum Gasteiger partial charge on any atom is 0.212 e. The first-order chi connectivity index (χ1) is 13.4. The Balaban J connectivity index is 1.50. The van der Waals surface area contributed by atoms with Crippen LogP contribution in [0.5, 0.6) is 0 Å². The number of aryl methyl sites for hydroxylation is 2. The molecule has 0 fully saturated rings. The first-order valence-electron chi connectivity index (χ1n) is 9.57. The second kappa shape index (κ2) is 8.88. The van der Waals surface area contributed by atoms with Crippen molar-refractivity contribution < 1.29 is 4.57 Å². The lowest BCUT2D eigenvalue weighted by molar-refractivity contribution is -0.673. The molecule has 0 aliphatic carbocycles. The molecule has 0 radical (unpaired) electrons. The summed E-state index contributed by atoms with van der Waals surface area (Å²) in [5, 5.41) is 1.31. The summed E-state index contributed by atoms with van der Waals surface area (Å²) in [4.78, 5) is 2.58. The van der Waals surface area contributed by atoms with Crippen molar-refractivity contribution in [3.63, 3.8) is 0 Å². The standard InChI is InChI=1S/C25H24NS/c1-3-11-21(12-4-1)13-9-10-18-26-20-24(27-23-15-5-2-6-16-23)19-22-14-7-8-17-25(22)26/h1-8,11-12,14-17,19-20H,9-10,13,18H2/q+1. The highest BCUT2D eigenvalue weighted by Gasteiger charge is 2.12. The molecule has 0 bridgehead atoms. The first-order valence-corrected chi connectivity index (χ1v) is 10.4. The minimum Gasteiger partial charge on any atom is -0.197 e. The zero-order valence-corrected chi connectivity index (χ0v) is 16.2. The molecule has 1 nitrogen and oxygen atoms in total. The summed E-state index contributed by atoms with van der Waals surface area (Å²) in [7, 11) is 0. The van der Waals surface area contributed by atoms with Crippen molar-refractivity contribution in [2.45, 2.75) is 35.6 Å². The number of pyridine rings is 1. The third kappa shape index (κ3) is 4.78. The Morgan fingerprint density at radius 2 is 1.37 bits per heavy atom. The minimum atomic E-state index is 1.05. The van der Waals surface area contributed by atoms with E-state index in [0.717, 1.165) is 13.0 Å². The Morgan fingerprint density at radius 1 is 0.667 bits per heavy atom. The minimum absolute atomic E-state index is 1.05. The number of hydrogen-bond donors (Lipinski definition) is 0. The normalized spacial score (nSPS) is 11.0. The van der Waals surface area contributed by atoms with Crippen LogP contribution in [0, 0.1) is 0 Å². The van der Waals surface area contributed by atoms with Gasteiger partial charge >= 0.3 is 0 Å². The Morgan fingerprint density at radius 3 is 2.19 bits per heavy atom. The summed E-state index contributed by atoms with van der Waals surface area (Å²) in [5.74, 6) is 0. The van der Waals surface area contributed by atoms with Crippen LogP contribution in [-0.2, 0) is 13.0 Å². The molecule has 27 heavy (non-hydrogen) atoms. The van der Waals surface area contributed by atoms with Crippen molar-refractivity contribution in [3.05, 3.63) is 103 Å². The van der Waals surface area contributed by atoms with Crippen LogP contribution in [0.15, 0.2) is 107 Å². The van der Waals surface area contributed by atoms with E-state index < -0.39 is 0 Å². The topological polar surface area (TPSA) is 3.88 Å². The molecule has 0 N–H and O–H groups in total. The monoisotopic (exact) mass is 370 g/mol. The highest BCUT2D eigenvalue weighted by atomic mass is 32.2. The molecule has 4 aromatic rings. The molecule has 0 aliphatic rings. The van der Waals surface area contributed by atoms with Crippen molar-refractivity contribution in [2.24, 2.45) is 0 Å². The van der Waals surface area contributed by atoms with Gasteiger partial charge in [-0.2, -0.15) is 4.57 Å². The summed E-state index contributed by atoms with van der Waals surface area (Å²) in [6.45, 7) is 1.05. The summed E-state index contributed by atoms with van der Waals surface area (Å²) < 4.78 is 2.42. The summed E-state index contributed by atoms with van der Waals surface area (Å²) >= 11 is 1.83. The van der Waals surface area contributed by atoms with Crippen molar-refractivity contribution in [2.75, 3.05) is 0 Å². The van der Waals surface area contributed by atoms with Crippen LogP contribution in [0.2, 0.25) is 0 Å². The van der Waals surface area contributed by atoms with Crippen molar-refractivity contribution in [1.82, 2.24) is 0 Å². The summed E-state index contributed by atoms with van der Waals surface area (Å²) in [6, 6.07) is 32.4. The molecule has 4 rings (SSSR count). The first kappa shape index (κ1) is 17.8. The average Bonchev–Trinajstić information content (AvgIpc) is 2.72. The molecule has 0 saturated heterocycles. The number of benzene rings is 3. The van der Waals surface area contributed by atoms with Gasteiger partial charge in [0.2, 0.25) is 5.52 Å². The van der Waals surface area contributed by atoms with E-state index in [1.165, 1.54) is 39.1 Å². The summed E-state index contributed by atoms with van der Waals surface area (Å²) in [6.07, 6.45) is 5.85. The lowest BCUT2D eigenvalue weighted by Gasteiger charge is -2.06. The Labute approximate surface area is 165 Å². The second-order valence-corrected chi connectivity index (χ2v) is 7.93. The van der Waals surface area contributed by atoms with Gasteiger partial charge in [0.25, 0.3) is 0 Å². The third-order valence-corrected chi connectivity index (χ3v) is 5.73. The molecule has 0 saturated carbocycles. The molecular formula is C25H24NS+. The van der Waals surface area contributed by atoms with Gasteiger partial charge in [-0.05, 0) is 42.7 Å². The van der Waals surface area contributed by atoms with E-state index in [4.69, 9.17) is 0 Å². The van der Waals surface area contributed by atoms with Gasteiger partial charge in [-0.25, -0.2) is 0 Å². The van der Waals surface area contributed by atoms with E-state index in [2.05, 4.69) is 102 Å². The SMILES string of the molecule is c1ccc(CCCC[n+]2cc(Sc3ccccc3)cc3ccccc32)cc1. The van der Waals surface area contributed by atoms with Crippen molar-refractivity contribution in [3.8, 4) is 0 Å². The van der Waals surface area contributed by atoms with Crippen molar-refractivity contribution >= 4 is 22.7 Å². The lowest BCUT2D eigenvalue weighted by atomic mass is 10.1. The number of nitrogens with zero attached hydrogens (tertiary/aromatic N) is 1. The second-order valence-electron chi connectivity index (χ2n) is 6.79. The maximum atomic E-state index is 2.42. The van der Waals surface area contributed by atoms with Crippen LogP contribution in [0.1, 0.15) is 18.4 Å². The molecule has 1 aromatic heterocycles. The number of hydrogen-bond acceptors (Lipinski definition) is 1. The lowest BCUT2D eigenvalue weighted by Crippen LogP contribution is -2.34. The van der Waals surface area contributed by atoms with E-state index in [0.29, 0.717) is 0 Å². The molecule has 0 unspecified atom stereocenters. The number of rotatable bonds is 7. The van der Waals surface area contributed by atoms with Crippen LogP contribution < -0.4 is 4.57 Å². The number of fused-ring (bicyclic) bond motifs is 1. The van der Waals surface area contributed by atoms with E-state index >= 15 is 0 Å². The zero-order valence-electron chi connectivity index (χ0n) is 15.4. The molecular weight excluding hydrogens is 346 g/mol. The van der Waals surface area contributed by atoms with Crippen LogP contribution >= 0.6 is 11.8 Å². The molecule has 3 aromatic carbocycles. The molecule has 0 aliphatic heterocycles. The molecule has 0 spiro atoms. The van der Waals surface area contributed by atoms with E-state index in [1.807, 2.05) is 11.8 Å². The Kier molecular flexibility index (Phi) is 5.86. The van der Waals surface area contributed by atoms with Gasteiger partial charge in [0.15, 0.2) is 6.20 Å². The predicted octanol–water partition coefficient (Wildman–Crippen LogP) is 6.30. The van der Waals surface area contributed by atoms with Gasteiger partial charge in [-0.15, -0.1) is 0 Å². The fourth-order valence-corrected chi connectivity index (χ4v) is 4.34. The zero-order chi connectivity index (χ0) is 18.3. The van der Waals surface area contributed by atoms with Gasteiger partial charge in [-0.1, -0.05) is 72.4 Å². The highest BCUT2D eigenvalue weighted by molar-refractivity contribution is 7.99. The van der Waals surface area contributed by atoms with E-state index in [1.54, 1.807) is 0 Å². The predicted molar refractivity (Wildman–Crippen MR) is 114 cm³/mol. The molecule has 0 atom stereocenters. The molecule has 2 heteroatoms. The van der Waals surface area contributed by atoms with Gasteiger partial charge in [0.05, 0.1) is 4.90 Å². The maximum absolute atomic E-state index is 2.42. The quantitative estimate of drug-likeness (QED) is 0.273. The largest absolute Gasteiger partial charge is 0.212 e. The number of para-hydroxylation sites is 1. The number of unbranched alkanes of at least 4 members (excludes halogenated alkanes) is 1. The molecule has 1 heterocycles. The van der Waals surface area contributed by atoms with Crippen LogP contribution in [0.4, 0.5) is 0 Å². The third-order valence-electron chi connectivity index (χ3n) is 4.76. The van der Waals surface area contributed by atoms with Gasteiger partial charge in [-0.3, -0.25) is 0 Å². The van der Waals surface area contributed by atoms with Crippen LogP contribution in [0.25, 0.3) is 10.9 Å². The highest BCUT2D eigenvalue weighted by Crippen LogP contribution is 2.28. The van der Waals surface area contributed by atoms with Gasteiger partial charge in [0, 0.05) is 22.8 Å². The van der Waals surface area contributed by atoms with Crippen LogP contribution in [-0.4, -0.2) is 0 Å². The Hall–Kier alpha value is -2.58. The van der Waals surface area contributed by atoms with E-state index in [9.17, 15) is 0 Å². The fourth-order valence-electron chi connectivity index (χ4n) is 3.41. The fraction of sp³-hybridized carbons (Fsp3) is 0.160. The molecule has 134 valence electrons. The van der Waals surface area contributed by atoms with E-state index in [-0.39, 0.29) is 0 Å². The van der Waals surface area contributed by atoms with Crippen molar-refractivity contribution in [1.29, 1.82) is 0 Å². The van der Waals surface area contributed by atoms with Gasteiger partial charge in [0.1, 0.15) is 6.54 Å². The van der Waals surface area contributed by atoms with Crippen LogP contribution in [0.3, 0.4) is 0 Å². The molecule has 0 amide bonds. The van der Waals surface area contributed by atoms with Gasteiger partial charge < -0.3 is 0 Å². The smallest absolute Gasteiger partial charge is 0.197 e. The number of aromatic nitrogens is 1. The Bertz CT molecular complexity index is 996.